The third kappa shape index (κ3) is 5.50. The average Bonchev–Trinajstić information content (AvgIpc) is 2.49. The molecule has 21 heavy (non-hydrogen) atoms. The molecule has 1 aromatic rings. The Bertz CT molecular complexity index is 421. The van der Waals surface area contributed by atoms with Crippen molar-refractivity contribution < 1.29 is 5.11 Å². The molecule has 1 N–H and O–H groups in total. The zero-order valence-corrected chi connectivity index (χ0v) is 14.5. The van der Waals surface area contributed by atoms with Gasteiger partial charge in [0.1, 0.15) is 5.75 Å². The van der Waals surface area contributed by atoms with E-state index in [4.69, 9.17) is 11.6 Å². The topological polar surface area (TPSA) is 26.7 Å². The lowest BCUT2D eigenvalue weighted by Crippen LogP contribution is -2.31. The fourth-order valence-corrected chi connectivity index (χ4v) is 2.90. The molecule has 4 heteroatoms. The molecule has 0 radical (unpaired) electrons. The van der Waals surface area contributed by atoms with Gasteiger partial charge in [-0.15, -0.1) is 0 Å². The maximum absolute atomic E-state index is 10.0. The lowest BCUT2D eigenvalue weighted by atomic mass is 10.1. The molecule has 1 aromatic carbocycles. The quantitative estimate of drug-likeness (QED) is 0.741. The number of phenols is 1. The Morgan fingerprint density at radius 1 is 1.10 bits per heavy atom. The van der Waals surface area contributed by atoms with Gasteiger partial charge >= 0.3 is 0 Å². The van der Waals surface area contributed by atoms with E-state index in [1.165, 1.54) is 0 Å². The fraction of sp³-hybridized carbons (Fsp3) is 0.647. The minimum absolute atomic E-state index is 0.172. The molecule has 0 aliphatic rings. The summed E-state index contributed by atoms with van der Waals surface area (Å²) in [7, 11) is 0. The van der Waals surface area contributed by atoms with Crippen LogP contribution in [0.15, 0.2) is 18.2 Å². The van der Waals surface area contributed by atoms with Gasteiger partial charge in [0.05, 0.1) is 0 Å². The molecule has 3 nitrogen and oxygen atoms in total. The van der Waals surface area contributed by atoms with E-state index in [9.17, 15) is 5.11 Å². The number of hydrogen-bond donors (Lipinski definition) is 1. The van der Waals surface area contributed by atoms with Crippen molar-refractivity contribution in [1.82, 2.24) is 9.80 Å². The van der Waals surface area contributed by atoms with Gasteiger partial charge in [0.25, 0.3) is 0 Å². The summed E-state index contributed by atoms with van der Waals surface area (Å²) < 4.78 is 0. The molecular formula is C17H29ClN2O. The number of phenolic OH excluding ortho intramolecular Hbond substituents is 1. The zero-order valence-electron chi connectivity index (χ0n) is 13.8. The molecule has 0 amide bonds. The van der Waals surface area contributed by atoms with E-state index in [-0.39, 0.29) is 6.04 Å². The summed E-state index contributed by atoms with van der Waals surface area (Å²) in [5.41, 5.74) is 0.909. The molecule has 0 aliphatic heterocycles. The van der Waals surface area contributed by atoms with Crippen molar-refractivity contribution in [2.24, 2.45) is 0 Å². The number of benzene rings is 1. The summed E-state index contributed by atoms with van der Waals surface area (Å²) in [4.78, 5) is 4.82. The van der Waals surface area contributed by atoms with E-state index in [2.05, 4.69) is 37.5 Å². The van der Waals surface area contributed by atoms with Gasteiger partial charge in [0.15, 0.2) is 0 Å². The Labute approximate surface area is 134 Å². The third-order valence-electron chi connectivity index (χ3n) is 4.21. The first-order chi connectivity index (χ1) is 10.0. The van der Waals surface area contributed by atoms with Gasteiger partial charge in [-0.3, -0.25) is 4.90 Å². The minimum Gasteiger partial charge on any atom is -0.508 e. The van der Waals surface area contributed by atoms with Crippen LogP contribution in [-0.4, -0.2) is 47.6 Å². The molecule has 0 aliphatic carbocycles. The average molecular weight is 313 g/mol. The summed E-state index contributed by atoms with van der Waals surface area (Å²) in [5.74, 6) is 0.328. The Hall–Kier alpha value is -0.770. The number of rotatable bonds is 9. The molecule has 1 atom stereocenters. The lowest BCUT2D eigenvalue weighted by molar-refractivity contribution is 0.198. The fourth-order valence-electron chi connectivity index (χ4n) is 2.72. The highest BCUT2D eigenvalue weighted by Gasteiger charge is 2.17. The van der Waals surface area contributed by atoms with Crippen molar-refractivity contribution >= 4 is 11.6 Å². The van der Waals surface area contributed by atoms with Gasteiger partial charge in [-0.05, 0) is 64.3 Å². The highest BCUT2D eigenvalue weighted by molar-refractivity contribution is 6.30. The SMILES string of the molecule is CCN(CC)CCCN(CC)C(C)c1cc(Cl)ccc1O. The molecule has 0 saturated carbocycles. The van der Waals surface area contributed by atoms with E-state index in [0.29, 0.717) is 10.8 Å². The molecule has 120 valence electrons. The van der Waals surface area contributed by atoms with Gasteiger partial charge in [0.2, 0.25) is 0 Å². The highest BCUT2D eigenvalue weighted by atomic mass is 35.5. The van der Waals surface area contributed by atoms with Gasteiger partial charge < -0.3 is 10.0 Å². The van der Waals surface area contributed by atoms with Crippen LogP contribution in [0.4, 0.5) is 0 Å². The predicted molar refractivity (Wildman–Crippen MR) is 91.2 cm³/mol. The van der Waals surface area contributed by atoms with Crippen LogP contribution < -0.4 is 0 Å². The summed E-state index contributed by atoms with van der Waals surface area (Å²) in [5, 5.41) is 10.7. The first-order valence-corrected chi connectivity index (χ1v) is 8.36. The second-order valence-corrected chi connectivity index (χ2v) is 5.82. The first kappa shape index (κ1) is 18.3. The summed E-state index contributed by atoms with van der Waals surface area (Å²) in [6.45, 7) is 14.0. The lowest BCUT2D eigenvalue weighted by Gasteiger charge is -2.29. The van der Waals surface area contributed by atoms with Crippen molar-refractivity contribution in [2.75, 3.05) is 32.7 Å². The molecule has 0 fully saturated rings. The summed E-state index contributed by atoms with van der Waals surface area (Å²) in [6, 6.07) is 5.45. The van der Waals surface area contributed by atoms with Crippen molar-refractivity contribution in [3.63, 3.8) is 0 Å². The molecule has 0 saturated heterocycles. The first-order valence-electron chi connectivity index (χ1n) is 7.98. The predicted octanol–water partition coefficient (Wildman–Crippen LogP) is 4.16. The highest BCUT2D eigenvalue weighted by Crippen LogP contribution is 2.30. The van der Waals surface area contributed by atoms with Gasteiger partial charge in [-0.25, -0.2) is 0 Å². The number of nitrogens with zero attached hydrogens (tertiary/aromatic N) is 2. The largest absolute Gasteiger partial charge is 0.508 e. The molecule has 0 bridgehead atoms. The van der Waals surface area contributed by atoms with E-state index in [1.807, 2.05) is 6.07 Å². The van der Waals surface area contributed by atoms with Gasteiger partial charge in [-0.2, -0.15) is 0 Å². The van der Waals surface area contributed by atoms with Crippen LogP contribution in [0, 0.1) is 0 Å². The normalized spacial score (nSPS) is 13.1. The van der Waals surface area contributed by atoms with Crippen LogP contribution in [0.1, 0.15) is 45.7 Å². The Morgan fingerprint density at radius 3 is 2.33 bits per heavy atom. The molecule has 1 rings (SSSR count). The molecule has 0 heterocycles. The van der Waals surface area contributed by atoms with Gasteiger partial charge in [0, 0.05) is 16.6 Å². The number of hydrogen-bond acceptors (Lipinski definition) is 3. The van der Waals surface area contributed by atoms with E-state index in [0.717, 1.165) is 44.7 Å². The Morgan fingerprint density at radius 2 is 1.76 bits per heavy atom. The van der Waals surface area contributed by atoms with Crippen LogP contribution in [-0.2, 0) is 0 Å². The molecule has 0 spiro atoms. The van der Waals surface area contributed by atoms with Crippen LogP contribution in [0.25, 0.3) is 0 Å². The van der Waals surface area contributed by atoms with Crippen molar-refractivity contribution in [3.05, 3.63) is 28.8 Å². The maximum atomic E-state index is 10.0. The van der Waals surface area contributed by atoms with Crippen LogP contribution >= 0.6 is 11.6 Å². The Kier molecular flexibility index (Phi) is 8.09. The smallest absolute Gasteiger partial charge is 0.120 e. The zero-order chi connectivity index (χ0) is 15.8. The molecular weight excluding hydrogens is 284 g/mol. The van der Waals surface area contributed by atoms with Crippen LogP contribution in [0.3, 0.4) is 0 Å². The summed E-state index contributed by atoms with van der Waals surface area (Å²) in [6.07, 6.45) is 1.14. The van der Waals surface area contributed by atoms with Crippen molar-refractivity contribution in [3.8, 4) is 5.75 Å². The number of halogens is 1. The number of aromatic hydroxyl groups is 1. The molecule has 1 unspecified atom stereocenters. The summed E-state index contributed by atoms with van der Waals surface area (Å²) >= 11 is 6.06. The third-order valence-corrected chi connectivity index (χ3v) is 4.44. The molecule has 0 aromatic heterocycles. The van der Waals surface area contributed by atoms with Crippen LogP contribution in [0.5, 0.6) is 5.75 Å². The van der Waals surface area contributed by atoms with Crippen LogP contribution in [0.2, 0.25) is 5.02 Å². The monoisotopic (exact) mass is 312 g/mol. The van der Waals surface area contributed by atoms with E-state index in [1.54, 1.807) is 12.1 Å². The second kappa shape index (κ2) is 9.29. The van der Waals surface area contributed by atoms with Crippen molar-refractivity contribution in [2.45, 2.75) is 40.2 Å². The standard InChI is InChI=1S/C17H29ClN2O/c1-5-19(6-2)11-8-12-20(7-3)14(4)16-13-15(18)9-10-17(16)21/h9-10,13-14,21H,5-8,11-12H2,1-4H3. The van der Waals surface area contributed by atoms with Gasteiger partial charge in [-0.1, -0.05) is 32.4 Å². The van der Waals surface area contributed by atoms with E-state index >= 15 is 0 Å². The van der Waals surface area contributed by atoms with Crippen molar-refractivity contribution in [1.29, 1.82) is 0 Å². The Balaban J connectivity index is 2.64. The van der Waals surface area contributed by atoms with E-state index < -0.39 is 0 Å². The minimum atomic E-state index is 0.172. The second-order valence-electron chi connectivity index (χ2n) is 5.39. The maximum Gasteiger partial charge on any atom is 0.120 e.